The summed E-state index contributed by atoms with van der Waals surface area (Å²) in [7, 11) is 0. The fraction of sp³-hybridized carbons (Fsp3) is 0.526. The normalized spacial score (nSPS) is 11.9. The monoisotopic (exact) mass is 349 g/mol. The first kappa shape index (κ1) is 20.7. The average Bonchev–Trinajstić information content (AvgIpc) is 2.50. The van der Waals surface area contributed by atoms with Crippen molar-refractivity contribution in [2.24, 2.45) is 17.8 Å². The zero-order valence-electron chi connectivity index (χ0n) is 15.6. The van der Waals surface area contributed by atoms with Crippen molar-refractivity contribution in [2.75, 3.05) is 0 Å². The zero-order valence-corrected chi connectivity index (χ0v) is 15.6. The van der Waals surface area contributed by atoms with Crippen LogP contribution in [0, 0.1) is 17.8 Å². The number of carboxylic acid groups (broad SMARTS) is 2. The third-order valence-electron chi connectivity index (χ3n) is 4.89. The van der Waals surface area contributed by atoms with Crippen molar-refractivity contribution in [1.29, 1.82) is 0 Å². The van der Waals surface area contributed by atoms with E-state index in [1.807, 2.05) is 41.5 Å². The molecule has 0 radical (unpaired) electrons. The molecule has 25 heavy (non-hydrogen) atoms. The quantitative estimate of drug-likeness (QED) is 0.699. The first-order chi connectivity index (χ1) is 11.4. The second-order valence-electron chi connectivity index (χ2n) is 7.26. The molecule has 1 amide bonds. The summed E-state index contributed by atoms with van der Waals surface area (Å²) < 4.78 is 0. The summed E-state index contributed by atoms with van der Waals surface area (Å²) in [6, 6.07) is 3.45. The zero-order chi connectivity index (χ0) is 19.5. The molecule has 0 aliphatic carbocycles. The smallest absolute Gasteiger partial charge is 0.335 e. The highest BCUT2D eigenvalue weighted by molar-refractivity contribution is 6.01. The average molecular weight is 349 g/mol. The molecule has 0 heterocycles. The molecule has 6 heteroatoms. The number of nitrogens with one attached hydrogen (secondary N) is 1. The van der Waals surface area contributed by atoms with Gasteiger partial charge in [0.2, 0.25) is 0 Å². The van der Waals surface area contributed by atoms with Crippen molar-refractivity contribution in [2.45, 2.75) is 47.1 Å². The molecule has 138 valence electrons. The fourth-order valence-corrected chi connectivity index (χ4v) is 3.71. The number of rotatable bonds is 7. The van der Waals surface area contributed by atoms with Crippen molar-refractivity contribution >= 4 is 17.8 Å². The largest absolute Gasteiger partial charge is 0.478 e. The minimum atomic E-state index is -1.28. The topological polar surface area (TPSA) is 104 Å². The van der Waals surface area contributed by atoms with Gasteiger partial charge in [0, 0.05) is 11.1 Å². The minimum absolute atomic E-state index is 0.0311. The van der Waals surface area contributed by atoms with Gasteiger partial charge in [-0.1, -0.05) is 41.5 Å². The highest BCUT2D eigenvalue weighted by Gasteiger charge is 2.41. The third-order valence-corrected chi connectivity index (χ3v) is 4.89. The lowest BCUT2D eigenvalue weighted by Gasteiger charge is -2.46. The lowest BCUT2D eigenvalue weighted by atomic mass is 9.69. The molecule has 0 atom stereocenters. The molecular formula is C19H27NO5. The van der Waals surface area contributed by atoms with E-state index in [0.717, 1.165) is 6.07 Å². The fourth-order valence-electron chi connectivity index (χ4n) is 3.71. The van der Waals surface area contributed by atoms with Crippen molar-refractivity contribution in [3.8, 4) is 0 Å². The Balaban J connectivity index is 3.39. The summed E-state index contributed by atoms with van der Waals surface area (Å²) in [5, 5.41) is 21.4. The first-order valence-corrected chi connectivity index (χ1v) is 8.37. The van der Waals surface area contributed by atoms with Crippen LogP contribution in [0.15, 0.2) is 18.2 Å². The molecule has 6 nitrogen and oxygen atoms in total. The molecule has 0 unspecified atom stereocenters. The number of benzene rings is 1. The second-order valence-corrected chi connectivity index (χ2v) is 7.26. The molecule has 1 aromatic carbocycles. The van der Waals surface area contributed by atoms with E-state index in [2.05, 4.69) is 5.32 Å². The van der Waals surface area contributed by atoms with E-state index in [1.54, 1.807) is 0 Å². The summed E-state index contributed by atoms with van der Waals surface area (Å²) in [5.41, 5.74) is -0.924. The van der Waals surface area contributed by atoms with Crippen LogP contribution in [0.3, 0.4) is 0 Å². The van der Waals surface area contributed by atoms with Gasteiger partial charge in [-0.05, 0) is 36.0 Å². The van der Waals surface area contributed by atoms with Gasteiger partial charge >= 0.3 is 11.9 Å². The van der Waals surface area contributed by atoms with E-state index in [0.29, 0.717) is 0 Å². The maximum absolute atomic E-state index is 12.8. The second kappa shape index (κ2) is 7.68. The Morgan fingerprint density at radius 3 is 1.36 bits per heavy atom. The SMILES string of the molecule is CC(C)C(NC(=O)c1cc(C(=O)O)cc(C(=O)O)c1)(C(C)C)C(C)C. The van der Waals surface area contributed by atoms with Crippen molar-refractivity contribution < 1.29 is 24.6 Å². The predicted octanol–water partition coefficient (Wildman–Crippen LogP) is 3.52. The van der Waals surface area contributed by atoms with Crippen LogP contribution in [0.25, 0.3) is 0 Å². The first-order valence-electron chi connectivity index (χ1n) is 8.37. The van der Waals surface area contributed by atoms with Crippen LogP contribution >= 0.6 is 0 Å². The third kappa shape index (κ3) is 4.18. The van der Waals surface area contributed by atoms with Gasteiger partial charge < -0.3 is 15.5 Å². The van der Waals surface area contributed by atoms with Gasteiger partial charge in [0.05, 0.1) is 11.1 Å². The Labute approximate surface area is 148 Å². The summed E-state index contributed by atoms with van der Waals surface area (Å²) >= 11 is 0. The molecule has 0 aliphatic rings. The van der Waals surface area contributed by atoms with E-state index < -0.39 is 23.4 Å². The van der Waals surface area contributed by atoms with Gasteiger partial charge in [-0.2, -0.15) is 0 Å². The molecular weight excluding hydrogens is 322 g/mol. The van der Waals surface area contributed by atoms with Crippen LogP contribution in [0.2, 0.25) is 0 Å². The number of carbonyl (C=O) groups is 3. The van der Waals surface area contributed by atoms with Gasteiger partial charge in [-0.15, -0.1) is 0 Å². The van der Waals surface area contributed by atoms with Crippen LogP contribution in [-0.2, 0) is 0 Å². The van der Waals surface area contributed by atoms with Crippen LogP contribution in [0.4, 0.5) is 0 Å². The van der Waals surface area contributed by atoms with Crippen LogP contribution in [0.1, 0.15) is 72.6 Å². The van der Waals surface area contributed by atoms with Gasteiger partial charge in [-0.3, -0.25) is 4.79 Å². The molecule has 0 saturated heterocycles. The molecule has 0 aromatic heterocycles. The standard InChI is InChI=1S/C19H27NO5/c1-10(2)19(11(3)4,12(5)6)20-16(21)13-7-14(17(22)23)9-15(8-13)18(24)25/h7-12H,1-6H3,(H,20,21)(H,22,23)(H,24,25). The Bertz CT molecular complexity index is 622. The minimum Gasteiger partial charge on any atom is -0.478 e. The van der Waals surface area contributed by atoms with E-state index in [9.17, 15) is 14.4 Å². The molecule has 0 bridgehead atoms. The van der Waals surface area contributed by atoms with Gasteiger partial charge in [0.1, 0.15) is 0 Å². The number of aromatic carboxylic acids is 2. The summed E-state index contributed by atoms with van der Waals surface area (Å²) in [6.45, 7) is 12.1. The summed E-state index contributed by atoms with van der Waals surface area (Å²) in [4.78, 5) is 35.3. The van der Waals surface area contributed by atoms with Crippen LogP contribution in [-0.4, -0.2) is 33.6 Å². The number of hydrogen-bond donors (Lipinski definition) is 3. The maximum Gasteiger partial charge on any atom is 0.335 e. The summed E-state index contributed by atoms with van der Waals surface area (Å²) in [5.74, 6) is -2.61. The summed E-state index contributed by atoms with van der Waals surface area (Å²) in [6.07, 6.45) is 0. The lowest BCUT2D eigenvalue weighted by molar-refractivity contribution is 0.0672. The van der Waals surface area contributed by atoms with Crippen molar-refractivity contribution in [1.82, 2.24) is 5.32 Å². The van der Waals surface area contributed by atoms with Gasteiger partial charge in [-0.25, -0.2) is 9.59 Å². The molecule has 0 aliphatic heterocycles. The van der Waals surface area contributed by atoms with E-state index >= 15 is 0 Å². The van der Waals surface area contributed by atoms with Crippen molar-refractivity contribution in [3.05, 3.63) is 34.9 Å². The number of carboxylic acids is 2. The molecule has 0 fully saturated rings. The van der Waals surface area contributed by atoms with Crippen molar-refractivity contribution in [3.63, 3.8) is 0 Å². The Morgan fingerprint density at radius 1 is 0.760 bits per heavy atom. The Morgan fingerprint density at radius 2 is 1.08 bits per heavy atom. The molecule has 1 rings (SSSR count). The Kier molecular flexibility index (Phi) is 6.35. The van der Waals surface area contributed by atoms with Crippen LogP contribution in [0.5, 0.6) is 0 Å². The Hall–Kier alpha value is -2.37. The van der Waals surface area contributed by atoms with Crippen LogP contribution < -0.4 is 5.32 Å². The van der Waals surface area contributed by atoms with E-state index in [1.165, 1.54) is 12.1 Å². The number of carbonyl (C=O) groups excluding carboxylic acids is 1. The molecule has 0 saturated carbocycles. The highest BCUT2D eigenvalue weighted by atomic mass is 16.4. The van der Waals surface area contributed by atoms with E-state index in [-0.39, 0.29) is 34.4 Å². The molecule has 3 N–H and O–H groups in total. The number of hydrogen-bond acceptors (Lipinski definition) is 3. The number of amides is 1. The van der Waals surface area contributed by atoms with E-state index in [4.69, 9.17) is 10.2 Å². The van der Waals surface area contributed by atoms with Gasteiger partial charge in [0.25, 0.3) is 5.91 Å². The molecule has 0 spiro atoms. The predicted molar refractivity (Wildman–Crippen MR) is 95.1 cm³/mol. The maximum atomic E-state index is 12.8. The highest BCUT2D eigenvalue weighted by Crippen LogP contribution is 2.34. The van der Waals surface area contributed by atoms with Gasteiger partial charge in [0.15, 0.2) is 0 Å². The lowest BCUT2D eigenvalue weighted by Crippen LogP contribution is -2.59. The molecule has 1 aromatic rings.